The van der Waals surface area contributed by atoms with Gasteiger partial charge in [0.15, 0.2) is 0 Å². The molecule has 1 heterocycles. The van der Waals surface area contributed by atoms with E-state index in [0.29, 0.717) is 30.8 Å². The summed E-state index contributed by atoms with van der Waals surface area (Å²) in [4.78, 5) is 14.2. The molecule has 0 spiro atoms. The van der Waals surface area contributed by atoms with Gasteiger partial charge in [-0.3, -0.25) is 4.79 Å². The zero-order chi connectivity index (χ0) is 12.0. The van der Waals surface area contributed by atoms with Crippen molar-refractivity contribution in [3.63, 3.8) is 0 Å². The minimum Gasteiger partial charge on any atom is -0.339 e. The summed E-state index contributed by atoms with van der Waals surface area (Å²) < 4.78 is 0. The molecule has 102 valence electrons. The van der Waals surface area contributed by atoms with Crippen LogP contribution >= 0.6 is 12.4 Å². The molecule has 1 amide bonds. The second-order valence-corrected chi connectivity index (χ2v) is 4.95. The molecular formula is C13H27ClN2O. The number of hydrogen-bond acceptors (Lipinski definition) is 2. The molecule has 4 heteroatoms. The Morgan fingerprint density at radius 3 is 2.76 bits per heavy atom. The van der Waals surface area contributed by atoms with E-state index < -0.39 is 0 Å². The van der Waals surface area contributed by atoms with E-state index >= 15 is 0 Å². The molecule has 1 aliphatic heterocycles. The molecule has 3 nitrogen and oxygen atoms in total. The highest BCUT2D eigenvalue weighted by atomic mass is 35.5. The molecule has 2 N–H and O–H groups in total. The number of nitrogens with two attached hydrogens (primary N) is 1. The summed E-state index contributed by atoms with van der Waals surface area (Å²) in [7, 11) is 0. The first-order valence-electron chi connectivity index (χ1n) is 6.70. The van der Waals surface area contributed by atoms with E-state index in [1.165, 1.54) is 6.42 Å². The fourth-order valence-electron chi connectivity index (χ4n) is 2.69. The van der Waals surface area contributed by atoms with Gasteiger partial charge in [0.05, 0.1) is 0 Å². The van der Waals surface area contributed by atoms with Crippen molar-refractivity contribution < 1.29 is 4.79 Å². The van der Waals surface area contributed by atoms with Crippen LogP contribution in [-0.2, 0) is 4.79 Å². The van der Waals surface area contributed by atoms with Gasteiger partial charge in [0, 0.05) is 19.0 Å². The lowest BCUT2D eigenvalue weighted by atomic mass is 9.87. The van der Waals surface area contributed by atoms with E-state index in [-0.39, 0.29) is 12.4 Å². The van der Waals surface area contributed by atoms with Crippen LogP contribution in [0, 0.1) is 5.92 Å². The van der Waals surface area contributed by atoms with Gasteiger partial charge in [-0.2, -0.15) is 0 Å². The van der Waals surface area contributed by atoms with Crippen molar-refractivity contribution >= 4 is 18.3 Å². The number of piperidine rings is 1. The number of halogens is 1. The van der Waals surface area contributed by atoms with Gasteiger partial charge >= 0.3 is 0 Å². The minimum atomic E-state index is 0. The SMILES string of the molecule is CCCC1C(C)CCCN1C(=O)CCCN.Cl. The highest BCUT2D eigenvalue weighted by molar-refractivity contribution is 5.85. The standard InChI is InChI=1S/C13H26N2O.ClH/c1-3-6-12-11(2)7-5-10-15(12)13(16)8-4-9-14;/h11-12H,3-10,14H2,1-2H3;1H. The zero-order valence-corrected chi connectivity index (χ0v) is 12.0. The van der Waals surface area contributed by atoms with Crippen molar-refractivity contribution in [2.75, 3.05) is 13.1 Å². The molecule has 17 heavy (non-hydrogen) atoms. The van der Waals surface area contributed by atoms with Gasteiger partial charge in [-0.15, -0.1) is 12.4 Å². The Morgan fingerprint density at radius 1 is 1.47 bits per heavy atom. The van der Waals surface area contributed by atoms with Crippen LogP contribution in [0.2, 0.25) is 0 Å². The Balaban J connectivity index is 0.00000256. The molecule has 0 aromatic heterocycles. The van der Waals surface area contributed by atoms with E-state index in [2.05, 4.69) is 18.7 Å². The summed E-state index contributed by atoms with van der Waals surface area (Å²) >= 11 is 0. The summed E-state index contributed by atoms with van der Waals surface area (Å²) in [6.07, 6.45) is 6.19. The van der Waals surface area contributed by atoms with Crippen LogP contribution in [0.4, 0.5) is 0 Å². The summed E-state index contributed by atoms with van der Waals surface area (Å²) in [6, 6.07) is 0.476. The maximum atomic E-state index is 12.1. The first kappa shape index (κ1) is 16.7. The van der Waals surface area contributed by atoms with E-state index in [1.807, 2.05) is 0 Å². The third kappa shape index (κ3) is 4.84. The van der Waals surface area contributed by atoms with E-state index in [9.17, 15) is 4.79 Å². The normalized spacial score (nSPS) is 24.3. The van der Waals surface area contributed by atoms with Crippen molar-refractivity contribution in [1.29, 1.82) is 0 Å². The van der Waals surface area contributed by atoms with Crippen LogP contribution in [0.15, 0.2) is 0 Å². The predicted octanol–water partition coefficient (Wildman–Crippen LogP) is 2.57. The number of likely N-dealkylation sites (tertiary alicyclic amines) is 1. The van der Waals surface area contributed by atoms with Gasteiger partial charge in [-0.05, 0) is 38.1 Å². The van der Waals surface area contributed by atoms with Crippen LogP contribution < -0.4 is 5.73 Å². The van der Waals surface area contributed by atoms with Crippen LogP contribution in [-0.4, -0.2) is 29.9 Å². The molecule has 0 aliphatic carbocycles. The first-order valence-corrected chi connectivity index (χ1v) is 6.70. The lowest BCUT2D eigenvalue weighted by Crippen LogP contribution is -2.47. The predicted molar refractivity (Wildman–Crippen MR) is 74.3 cm³/mol. The molecule has 0 aromatic rings. The van der Waals surface area contributed by atoms with Crippen molar-refractivity contribution in [2.45, 2.75) is 58.4 Å². The number of hydrogen-bond donors (Lipinski definition) is 1. The van der Waals surface area contributed by atoms with Gasteiger partial charge < -0.3 is 10.6 Å². The van der Waals surface area contributed by atoms with E-state index in [1.54, 1.807) is 0 Å². The Labute approximate surface area is 112 Å². The van der Waals surface area contributed by atoms with E-state index in [4.69, 9.17) is 5.73 Å². The summed E-state index contributed by atoms with van der Waals surface area (Å²) in [5.41, 5.74) is 5.46. The zero-order valence-electron chi connectivity index (χ0n) is 11.2. The molecule has 0 radical (unpaired) electrons. The quantitative estimate of drug-likeness (QED) is 0.828. The average Bonchev–Trinajstić information content (AvgIpc) is 2.29. The molecule has 0 bridgehead atoms. The first-order chi connectivity index (χ1) is 7.70. The lowest BCUT2D eigenvalue weighted by Gasteiger charge is -2.40. The summed E-state index contributed by atoms with van der Waals surface area (Å²) in [5, 5.41) is 0. The van der Waals surface area contributed by atoms with Gasteiger partial charge in [0.1, 0.15) is 0 Å². The van der Waals surface area contributed by atoms with Crippen LogP contribution in [0.25, 0.3) is 0 Å². The fraction of sp³-hybridized carbons (Fsp3) is 0.923. The van der Waals surface area contributed by atoms with E-state index in [0.717, 1.165) is 32.2 Å². The highest BCUT2D eigenvalue weighted by Gasteiger charge is 2.30. The number of carbonyl (C=O) groups is 1. The summed E-state index contributed by atoms with van der Waals surface area (Å²) in [5.74, 6) is 0.978. The van der Waals surface area contributed by atoms with Gasteiger partial charge in [-0.25, -0.2) is 0 Å². The minimum absolute atomic E-state index is 0. The van der Waals surface area contributed by atoms with Crippen molar-refractivity contribution in [3.8, 4) is 0 Å². The number of rotatable bonds is 5. The maximum absolute atomic E-state index is 12.1. The lowest BCUT2D eigenvalue weighted by molar-refractivity contribution is -0.136. The second-order valence-electron chi connectivity index (χ2n) is 4.95. The maximum Gasteiger partial charge on any atom is 0.222 e. The molecular weight excluding hydrogens is 236 g/mol. The molecule has 2 atom stereocenters. The Hall–Kier alpha value is -0.280. The number of carbonyl (C=O) groups excluding carboxylic acids is 1. The van der Waals surface area contributed by atoms with Gasteiger partial charge in [0.25, 0.3) is 0 Å². The van der Waals surface area contributed by atoms with Crippen LogP contribution in [0.3, 0.4) is 0 Å². The monoisotopic (exact) mass is 262 g/mol. The third-order valence-electron chi connectivity index (χ3n) is 3.62. The van der Waals surface area contributed by atoms with Gasteiger partial charge in [0.2, 0.25) is 5.91 Å². The van der Waals surface area contributed by atoms with Crippen molar-refractivity contribution in [2.24, 2.45) is 11.7 Å². The van der Waals surface area contributed by atoms with Crippen LogP contribution in [0.5, 0.6) is 0 Å². The molecule has 2 unspecified atom stereocenters. The van der Waals surface area contributed by atoms with Crippen LogP contribution in [0.1, 0.15) is 52.4 Å². The largest absolute Gasteiger partial charge is 0.339 e. The number of nitrogens with zero attached hydrogens (tertiary/aromatic N) is 1. The Bertz CT molecular complexity index is 223. The molecule has 1 aliphatic rings. The van der Waals surface area contributed by atoms with Crippen molar-refractivity contribution in [1.82, 2.24) is 4.90 Å². The molecule has 0 saturated carbocycles. The third-order valence-corrected chi connectivity index (χ3v) is 3.62. The topological polar surface area (TPSA) is 46.3 Å². The highest BCUT2D eigenvalue weighted by Crippen LogP contribution is 2.27. The summed E-state index contributed by atoms with van der Waals surface area (Å²) in [6.45, 7) is 6.05. The Kier molecular flexibility index (Phi) is 8.61. The Morgan fingerprint density at radius 2 is 2.18 bits per heavy atom. The van der Waals surface area contributed by atoms with Crippen molar-refractivity contribution in [3.05, 3.63) is 0 Å². The fourth-order valence-corrected chi connectivity index (χ4v) is 2.69. The molecule has 1 fully saturated rings. The molecule has 1 rings (SSSR count). The number of amides is 1. The second kappa shape index (κ2) is 8.76. The van der Waals surface area contributed by atoms with Gasteiger partial charge in [-0.1, -0.05) is 20.3 Å². The molecule has 0 aromatic carbocycles. The smallest absolute Gasteiger partial charge is 0.222 e. The average molecular weight is 263 g/mol. The molecule has 1 saturated heterocycles.